The van der Waals surface area contributed by atoms with Crippen LogP contribution in [0.3, 0.4) is 0 Å². The third-order valence-electron chi connectivity index (χ3n) is 4.58. The van der Waals surface area contributed by atoms with Gasteiger partial charge in [0.2, 0.25) is 5.91 Å². The van der Waals surface area contributed by atoms with E-state index in [1.54, 1.807) is 42.5 Å². The van der Waals surface area contributed by atoms with Crippen molar-refractivity contribution in [1.82, 2.24) is 10.2 Å². The number of anilines is 1. The Morgan fingerprint density at radius 3 is 2.58 bits per heavy atom. The van der Waals surface area contributed by atoms with Crippen LogP contribution in [-0.4, -0.2) is 50.1 Å². The SMILES string of the molecule is C=CCOc1cc(Br)c(/C=C2/NC(=O)N(CC(=O)Nc3ccccc3OC)C2=O)cc1OC. The van der Waals surface area contributed by atoms with E-state index in [0.29, 0.717) is 39.6 Å². The molecule has 4 amide bonds. The number of carbonyl (C=O) groups is 3. The largest absolute Gasteiger partial charge is 0.495 e. The van der Waals surface area contributed by atoms with Crippen LogP contribution in [0.4, 0.5) is 10.5 Å². The Bertz CT molecular complexity index is 1130. The average Bonchev–Trinajstić information content (AvgIpc) is 3.06. The zero-order valence-electron chi connectivity index (χ0n) is 18.0. The highest BCUT2D eigenvalue weighted by Crippen LogP contribution is 2.35. The molecule has 10 heteroatoms. The molecule has 33 heavy (non-hydrogen) atoms. The van der Waals surface area contributed by atoms with Crippen molar-refractivity contribution in [3.63, 3.8) is 0 Å². The molecule has 9 nitrogen and oxygen atoms in total. The number of amides is 4. The van der Waals surface area contributed by atoms with Crippen LogP contribution in [0.15, 0.2) is 59.2 Å². The highest BCUT2D eigenvalue weighted by atomic mass is 79.9. The standard InChI is InChI=1S/C23H22BrN3O6/c1-4-9-33-20-12-15(24)14(11-19(20)32-3)10-17-22(29)27(23(30)26-17)13-21(28)25-16-7-5-6-8-18(16)31-2/h4-8,10-12H,1,9,13H2,2-3H3,(H,25,28)(H,26,30)/b17-10+. The van der Waals surface area contributed by atoms with E-state index in [1.807, 2.05) is 0 Å². The molecule has 2 N–H and O–H groups in total. The van der Waals surface area contributed by atoms with E-state index >= 15 is 0 Å². The van der Waals surface area contributed by atoms with Crippen LogP contribution in [0.2, 0.25) is 0 Å². The van der Waals surface area contributed by atoms with Crippen molar-refractivity contribution in [3.05, 3.63) is 64.8 Å². The van der Waals surface area contributed by atoms with Gasteiger partial charge < -0.3 is 24.8 Å². The molecule has 2 aromatic carbocycles. The van der Waals surface area contributed by atoms with Gasteiger partial charge in [0.1, 0.15) is 24.6 Å². The first-order valence-corrected chi connectivity index (χ1v) is 10.6. The minimum absolute atomic E-state index is 0.0209. The molecule has 1 fully saturated rings. The summed E-state index contributed by atoms with van der Waals surface area (Å²) in [5.74, 6) is 0.214. The fourth-order valence-electron chi connectivity index (χ4n) is 3.03. The highest BCUT2D eigenvalue weighted by molar-refractivity contribution is 9.10. The number of carbonyl (C=O) groups excluding carboxylic acids is 3. The third kappa shape index (κ3) is 5.53. The van der Waals surface area contributed by atoms with Gasteiger partial charge in [-0.1, -0.05) is 40.7 Å². The molecule has 172 valence electrons. The minimum atomic E-state index is -0.699. The van der Waals surface area contributed by atoms with Gasteiger partial charge in [-0.25, -0.2) is 9.69 Å². The lowest BCUT2D eigenvalue weighted by molar-refractivity contribution is -0.127. The summed E-state index contributed by atoms with van der Waals surface area (Å²) in [6.07, 6.45) is 3.09. The van der Waals surface area contributed by atoms with Gasteiger partial charge in [0.25, 0.3) is 5.91 Å². The molecule has 3 rings (SSSR count). The van der Waals surface area contributed by atoms with Crippen molar-refractivity contribution in [2.45, 2.75) is 0 Å². The van der Waals surface area contributed by atoms with Crippen LogP contribution in [0.5, 0.6) is 17.2 Å². The molecule has 2 aromatic rings. The molecule has 0 saturated carbocycles. The van der Waals surface area contributed by atoms with Gasteiger partial charge in [-0.15, -0.1) is 0 Å². The lowest BCUT2D eigenvalue weighted by Crippen LogP contribution is -2.38. The van der Waals surface area contributed by atoms with E-state index in [0.717, 1.165) is 4.90 Å². The molecule has 1 aliphatic heterocycles. The van der Waals surface area contributed by atoms with Crippen molar-refractivity contribution >= 4 is 45.5 Å². The molecule has 0 atom stereocenters. The third-order valence-corrected chi connectivity index (χ3v) is 5.27. The number of urea groups is 1. The number of hydrogen-bond donors (Lipinski definition) is 2. The molecule has 0 radical (unpaired) electrons. The molecule has 0 bridgehead atoms. The second-order valence-electron chi connectivity index (χ2n) is 6.75. The number of hydrogen-bond acceptors (Lipinski definition) is 6. The Morgan fingerprint density at radius 1 is 1.15 bits per heavy atom. The smallest absolute Gasteiger partial charge is 0.329 e. The Balaban J connectivity index is 1.77. The maximum atomic E-state index is 12.8. The molecular weight excluding hydrogens is 494 g/mol. The van der Waals surface area contributed by atoms with Crippen LogP contribution >= 0.6 is 15.9 Å². The summed E-state index contributed by atoms with van der Waals surface area (Å²) in [5, 5.41) is 5.13. The number of nitrogens with zero attached hydrogens (tertiary/aromatic N) is 1. The van der Waals surface area contributed by atoms with E-state index in [1.165, 1.54) is 20.3 Å². The molecule has 1 heterocycles. The zero-order chi connectivity index (χ0) is 24.0. The first-order valence-electron chi connectivity index (χ1n) is 9.76. The Kier molecular flexibility index (Phi) is 7.73. The van der Waals surface area contributed by atoms with Crippen LogP contribution < -0.4 is 24.8 Å². The number of imide groups is 1. The van der Waals surface area contributed by atoms with Crippen LogP contribution in [0.25, 0.3) is 6.08 Å². The van der Waals surface area contributed by atoms with Crippen LogP contribution in [0.1, 0.15) is 5.56 Å². The Morgan fingerprint density at radius 2 is 1.88 bits per heavy atom. The first kappa shape index (κ1) is 23.9. The topological polar surface area (TPSA) is 106 Å². The molecule has 0 aromatic heterocycles. The highest BCUT2D eigenvalue weighted by Gasteiger charge is 2.35. The van der Waals surface area contributed by atoms with Crippen molar-refractivity contribution in [3.8, 4) is 17.2 Å². The zero-order valence-corrected chi connectivity index (χ0v) is 19.6. The van der Waals surface area contributed by atoms with Gasteiger partial charge in [-0.05, 0) is 35.9 Å². The summed E-state index contributed by atoms with van der Waals surface area (Å²) in [6, 6.07) is 9.47. The number of methoxy groups -OCH3 is 2. The number of benzene rings is 2. The molecule has 1 saturated heterocycles. The fraction of sp³-hybridized carbons (Fsp3) is 0.174. The quantitative estimate of drug-likeness (QED) is 0.300. The van der Waals surface area contributed by atoms with Crippen molar-refractivity contribution < 1.29 is 28.6 Å². The van der Waals surface area contributed by atoms with Gasteiger partial charge >= 0.3 is 6.03 Å². The van der Waals surface area contributed by atoms with Crippen molar-refractivity contribution in [2.75, 3.05) is 32.7 Å². The van der Waals surface area contributed by atoms with E-state index in [2.05, 4.69) is 33.1 Å². The van der Waals surface area contributed by atoms with Gasteiger partial charge in [-0.3, -0.25) is 9.59 Å². The molecular formula is C23H22BrN3O6. The number of para-hydroxylation sites is 2. The Hall–Kier alpha value is -3.79. The van der Waals surface area contributed by atoms with E-state index in [4.69, 9.17) is 14.2 Å². The maximum absolute atomic E-state index is 12.8. The fourth-order valence-corrected chi connectivity index (χ4v) is 3.47. The number of ether oxygens (including phenoxy) is 3. The van der Waals surface area contributed by atoms with Gasteiger partial charge in [0.15, 0.2) is 11.5 Å². The maximum Gasteiger partial charge on any atom is 0.329 e. The van der Waals surface area contributed by atoms with Crippen LogP contribution in [-0.2, 0) is 9.59 Å². The predicted octanol–water partition coefficient (Wildman–Crippen LogP) is 3.56. The van der Waals surface area contributed by atoms with Gasteiger partial charge in [0.05, 0.1) is 19.9 Å². The Labute approximate surface area is 199 Å². The van der Waals surface area contributed by atoms with Crippen molar-refractivity contribution in [2.24, 2.45) is 0 Å². The lowest BCUT2D eigenvalue weighted by Gasteiger charge is -2.13. The van der Waals surface area contributed by atoms with E-state index < -0.39 is 24.4 Å². The lowest BCUT2D eigenvalue weighted by atomic mass is 10.1. The van der Waals surface area contributed by atoms with Gasteiger partial charge in [-0.2, -0.15) is 0 Å². The molecule has 0 aliphatic carbocycles. The van der Waals surface area contributed by atoms with E-state index in [-0.39, 0.29) is 5.70 Å². The second-order valence-corrected chi connectivity index (χ2v) is 7.61. The number of nitrogens with one attached hydrogen (secondary N) is 2. The summed E-state index contributed by atoms with van der Waals surface area (Å²) < 4.78 is 16.7. The van der Waals surface area contributed by atoms with Crippen molar-refractivity contribution in [1.29, 1.82) is 0 Å². The first-order chi connectivity index (χ1) is 15.9. The number of halogens is 1. The summed E-state index contributed by atoms with van der Waals surface area (Å²) >= 11 is 3.43. The molecule has 0 spiro atoms. The van der Waals surface area contributed by atoms with Crippen LogP contribution in [0, 0.1) is 0 Å². The number of rotatable bonds is 9. The normalized spacial score (nSPS) is 14.2. The monoisotopic (exact) mass is 515 g/mol. The molecule has 0 unspecified atom stereocenters. The summed E-state index contributed by atoms with van der Waals surface area (Å²) in [7, 11) is 2.97. The second kappa shape index (κ2) is 10.7. The molecule has 1 aliphatic rings. The summed E-state index contributed by atoms with van der Waals surface area (Å²) in [5.41, 5.74) is 1.02. The minimum Gasteiger partial charge on any atom is -0.495 e. The predicted molar refractivity (Wildman–Crippen MR) is 126 cm³/mol. The summed E-state index contributed by atoms with van der Waals surface area (Å²) in [6.45, 7) is 3.45. The summed E-state index contributed by atoms with van der Waals surface area (Å²) in [4.78, 5) is 38.4. The van der Waals surface area contributed by atoms with E-state index in [9.17, 15) is 14.4 Å². The average molecular weight is 516 g/mol. The van der Waals surface area contributed by atoms with Gasteiger partial charge in [0, 0.05) is 4.47 Å².